The summed E-state index contributed by atoms with van der Waals surface area (Å²) in [5.74, 6) is 2.92. The van der Waals surface area contributed by atoms with Crippen LogP contribution in [0.2, 0.25) is 0 Å². The Labute approximate surface area is 148 Å². The first-order chi connectivity index (χ1) is 12.3. The Morgan fingerprint density at radius 1 is 1.04 bits per heavy atom. The molecule has 4 heterocycles. The average molecular weight is 348 g/mol. The summed E-state index contributed by atoms with van der Waals surface area (Å²) >= 11 is 1.71. The van der Waals surface area contributed by atoms with E-state index >= 15 is 0 Å². The summed E-state index contributed by atoms with van der Waals surface area (Å²) < 4.78 is 3.36. The third kappa shape index (κ3) is 2.31. The fourth-order valence-electron chi connectivity index (χ4n) is 3.32. The van der Waals surface area contributed by atoms with Crippen LogP contribution in [0.4, 0.5) is 5.82 Å². The average Bonchev–Trinajstić information content (AvgIpc) is 3.26. The molecular formula is C18H16N6S. The molecule has 7 heteroatoms. The van der Waals surface area contributed by atoms with Crippen LogP contribution in [0.15, 0.2) is 42.0 Å². The molecule has 0 amide bonds. The van der Waals surface area contributed by atoms with Crippen molar-refractivity contribution in [3.63, 3.8) is 0 Å². The van der Waals surface area contributed by atoms with Crippen LogP contribution >= 0.6 is 11.3 Å². The van der Waals surface area contributed by atoms with E-state index in [0.717, 1.165) is 46.3 Å². The van der Waals surface area contributed by atoms with E-state index in [1.165, 1.54) is 5.56 Å². The number of rotatable bonds is 2. The van der Waals surface area contributed by atoms with Gasteiger partial charge in [0.05, 0.1) is 16.8 Å². The zero-order valence-corrected chi connectivity index (χ0v) is 14.6. The highest BCUT2D eigenvalue weighted by molar-refractivity contribution is 7.18. The number of benzene rings is 1. The lowest BCUT2D eigenvalue weighted by Gasteiger charge is -2.28. The molecule has 3 aromatic heterocycles. The zero-order chi connectivity index (χ0) is 16.8. The summed E-state index contributed by atoms with van der Waals surface area (Å²) in [6, 6.07) is 10.2. The van der Waals surface area contributed by atoms with E-state index in [-0.39, 0.29) is 0 Å². The topological polar surface area (TPSA) is 59.7 Å². The molecule has 0 saturated carbocycles. The van der Waals surface area contributed by atoms with E-state index in [1.54, 1.807) is 17.7 Å². The first kappa shape index (κ1) is 14.5. The van der Waals surface area contributed by atoms with Crippen LogP contribution in [-0.2, 0) is 13.1 Å². The van der Waals surface area contributed by atoms with Gasteiger partial charge in [0.1, 0.15) is 6.33 Å². The minimum absolute atomic E-state index is 0.711. The van der Waals surface area contributed by atoms with Crippen LogP contribution in [-0.4, -0.2) is 31.3 Å². The maximum Gasteiger partial charge on any atom is 0.164 e. The summed E-state index contributed by atoms with van der Waals surface area (Å²) in [6.45, 7) is 4.54. The Kier molecular flexibility index (Phi) is 3.27. The molecule has 0 unspecified atom stereocenters. The quantitative estimate of drug-likeness (QED) is 0.556. The van der Waals surface area contributed by atoms with Gasteiger partial charge in [-0.3, -0.25) is 0 Å². The van der Waals surface area contributed by atoms with Crippen LogP contribution in [0.5, 0.6) is 0 Å². The third-order valence-corrected chi connectivity index (χ3v) is 5.68. The van der Waals surface area contributed by atoms with E-state index in [9.17, 15) is 0 Å². The van der Waals surface area contributed by atoms with Gasteiger partial charge < -0.3 is 9.47 Å². The van der Waals surface area contributed by atoms with Crippen molar-refractivity contribution in [1.82, 2.24) is 24.7 Å². The highest BCUT2D eigenvalue weighted by Gasteiger charge is 2.24. The minimum atomic E-state index is 0.711. The molecule has 0 bridgehead atoms. The molecule has 6 nitrogen and oxygen atoms in total. The first-order valence-corrected chi connectivity index (χ1v) is 9.10. The van der Waals surface area contributed by atoms with Crippen molar-refractivity contribution < 1.29 is 0 Å². The standard InChI is InChI=1S/C18H16N6S/c1-12-10-25-16-15(12)19-11-20-18(16)23-7-8-24-14(9-23)21-22-17(24)13-5-3-2-4-6-13/h2-6,10-11H,7-9H2,1H3. The molecule has 0 saturated heterocycles. The predicted molar refractivity (Wildman–Crippen MR) is 98.7 cm³/mol. The van der Waals surface area contributed by atoms with E-state index in [4.69, 9.17) is 0 Å². The molecule has 1 aliphatic heterocycles. The molecule has 0 radical (unpaired) electrons. The Bertz CT molecular complexity index is 1050. The van der Waals surface area contributed by atoms with Crippen molar-refractivity contribution in [1.29, 1.82) is 0 Å². The van der Waals surface area contributed by atoms with Crippen LogP contribution in [0, 0.1) is 6.92 Å². The fourth-order valence-corrected chi connectivity index (χ4v) is 4.34. The predicted octanol–water partition coefficient (Wildman–Crippen LogP) is 3.28. The molecule has 124 valence electrons. The maximum absolute atomic E-state index is 4.55. The summed E-state index contributed by atoms with van der Waals surface area (Å²) in [7, 11) is 0. The third-order valence-electron chi connectivity index (χ3n) is 4.60. The Balaban J connectivity index is 1.52. The van der Waals surface area contributed by atoms with Gasteiger partial charge in [0.25, 0.3) is 0 Å². The number of hydrogen-bond acceptors (Lipinski definition) is 6. The number of nitrogens with zero attached hydrogens (tertiary/aromatic N) is 6. The van der Waals surface area contributed by atoms with Gasteiger partial charge in [0.15, 0.2) is 17.5 Å². The molecule has 0 aliphatic carbocycles. The van der Waals surface area contributed by atoms with Crippen molar-refractivity contribution in [3.05, 3.63) is 53.4 Å². The smallest absolute Gasteiger partial charge is 0.164 e. The number of anilines is 1. The van der Waals surface area contributed by atoms with Crippen molar-refractivity contribution in [3.8, 4) is 11.4 Å². The molecule has 25 heavy (non-hydrogen) atoms. The van der Waals surface area contributed by atoms with E-state index in [0.29, 0.717) is 6.54 Å². The number of thiophene rings is 1. The van der Waals surface area contributed by atoms with Crippen molar-refractivity contribution in [2.24, 2.45) is 0 Å². The monoisotopic (exact) mass is 348 g/mol. The van der Waals surface area contributed by atoms with Crippen LogP contribution in [0.1, 0.15) is 11.4 Å². The zero-order valence-electron chi connectivity index (χ0n) is 13.8. The summed E-state index contributed by atoms with van der Waals surface area (Å²) in [5.41, 5.74) is 3.36. The van der Waals surface area contributed by atoms with Gasteiger partial charge in [0.2, 0.25) is 0 Å². The molecule has 1 aliphatic rings. The molecule has 0 atom stereocenters. The molecule has 5 rings (SSSR count). The SMILES string of the molecule is Cc1csc2c(N3CCn4c(nnc4-c4ccccc4)C3)ncnc12. The number of aryl methyl sites for hydroxylation is 1. The number of hydrogen-bond donors (Lipinski definition) is 0. The summed E-state index contributed by atoms with van der Waals surface area (Å²) in [5, 5.41) is 11.0. The highest BCUT2D eigenvalue weighted by Crippen LogP contribution is 2.32. The number of aromatic nitrogens is 5. The normalized spacial score (nSPS) is 14.0. The van der Waals surface area contributed by atoms with Crippen molar-refractivity contribution in [2.75, 3.05) is 11.4 Å². The van der Waals surface area contributed by atoms with Crippen molar-refractivity contribution in [2.45, 2.75) is 20.0 Å². The lowest BCUT2D eigenvalue weighted by atomic mass is 10.2. The largest absolute Gasteiger partial charge is 0.346 e. The van der Waals surface area contributed by atoms with Gasteiger partial charge in [0, 0.05) is 18.7 Å². The molecule has 0 spiro atoms. The van der Waals surface area contributed by atoms with E-state index in [1.807, 2.05) is 18.2 Å². The second kappa shape index (κ2) is 5.63. The van der Waals surface area contributed by atoms with Gasteiger partial charge in [-0.1, -0.05) is 30.3 Å². The Morgan fingerprint density at radius 2 is 1.92 bits per heavy atom. The highest BCUT2D eigenvalue weighted by atomic mass is 32.1. The molecule has 0 N–H and O–H groups in total. The van der Waals surface area contributed by atoms with Crippen molar-refractivity contribution >= 4 is 27.4 Å². The van der Waals surface area contributed by atoms with Gasteiger partial charge in [-0.15, -0.1) is 21.5 Å². The van der Waals surface area contributed by atoms with Gasteiger partial charge >= 0.3 is 0 Å². The van der Waals surface area contributed by atoms with Crippen LogP contribution in [0.25, 0.3) is 21.6 Å². The molecular weight excluding hydrogens is 332 g/mol. The van der Waals surface area contributed by atoms with Gasteiger partial charge in [-0.25, -0.2) is 9.97 Å². The summed E-state index contributed by atoms with van der Waals surface area (Å²) in [4.78, 5) is 11.2. The van der Waals surface area contributed by atoms with Crippen LogP contribution in [0.3, 0.4) is 0 Å². The number of fused-ring (bicyclic) bond motifs is 2. The molecule has 4 aromatic rings. The fraction of sp³-hybridized carbons (Fsp3) is 0.222. The maximum atomic E-state index is 4.55. The molecule has 1 aromatic carbocycles. The lowest BCUT2D eigenvalue weighted by Crippen LogP contribution is -2.34. The second-order valence-electron chi connectivity index (χ2n) is 6.17. The van der Waals surface area contributed by atoms with Gasteiger partial charge in [-0.2, -0.15) is 0 Å². The second-order valence-corrected chi connectivity index (χ2v) is 7.05. The lowest BCUT2D eigenvalue weighted by molar-refractivity contribution is 0.561. The molecule has 0 fully saturated rings. The minimum Gasteiger partial charge on any atom is -0.346 e. The first-order valence-electron chi connectivity index (χ1n) is 8.22. The van der Waals surface area contributed by atoms with Gasteiger partial charge in [-0.05, 0) is 17.9 Å². The summed E-state index contributed by atoms with van der Waals surface area (Å²) in [6.07, 6.45) is 1.66. The van der Waals surface area contributed by atoms with Crippen LogP contribution < -0.4 is 4.90 Å². The van der Waals surface area contributed by atoms with E-state index in [2.05, 4.69) is 54.1 Å². The van der Waals surface area contributed by atoms with E-state index < -0.39 is 0 Å². The Hall–Kier alpha value is -2.80. The Morgan fingerprint density at radius 3 is 2.80 bits per heavy atom.